The van der Waals surface area contributed by atoms with Crippen LogP contribution in [0.3, 0.4) is 0 Å². The molecule has 2 nitrogen and oxygen atoms in total. The second-order valence-corrected chi connectivity index (χ2v) is 13.4. The third-order valence-electron chi connectivity index (χ3n) is 10.2. The van der Waals surface area contributed by atoms with Gasteiger partial charge in [-0.3, -0.25) is 0 Å². The fourth-order valence-corrected chi connectivity index (χ4v) is 7.85. The summed E-state index contributed by atoms with van der Waals surface area (Å²) in [6.07, 6.45) is 9.90. The lowest BCUT2D eigenvalue weighted by atomic mass is 9.87. The molecule has 0 saturated carbocycles. The van der Waals surface area contributed by atoms with Gasteiger partial charge in [0.15, 0.2) is 0 Å². The first-order valence-corrected chi connectivity index (χ1v) is 18.3. The number of benzene rings is 6. The van der Waals surface area contributed by atoms with Crippen molar-refractivity contribution in [2.45, 2.75) is 59.3 Å². The highest BCUT2D eigenvalue weighted by Crippen LogP contribution is 2.53. The quantitative estimate of drug-likeness (QED) is 0.140. The molecule has 8 aromatic rings. The third kappa shape index (κ3) is 5.59. The van der Waals surface area contributed by atoms with Gasteiger partial charge in [0.05, 0.1) is 0 Å². The maximum absolute atomic E-state index is 6.57. The van der Waals surface area contributed by atoms with Gasteiger partial charge in [0, 0.05) is 11.1 Å². The first-order chi connectivity index (χ1) is 24.1. The molecule has 2 heteroatoms. The van der Waals surface area contributed by atoms with Crippen molar-refractivity contribution >= 4 is 65.6 Å². The van der Waals surface area contributed by atoms with Gasteiger partial charge >= 0.3 is 0 Å². The van der Waals surface area contributed by atoms with Gasteiger partial charge in [-0.15, -0.1) is 0 Å². The number of nitrogens with two attached hydrogens (primary N) is 1. The molecule has 1 aliphatic rings. The van der Waals surface area contributed by atoms with E-state index in [0.29, 0.717) is 0 Å². The Bertz CT molecular complexity index is 2420. The number of unbranched alkanes of at least 4 members (excludes halogenated alkanes) is 2. The van der Waals surface area contributed by atoms with Crippen LogP contribution in [0.1, 0.15) is 58.4 Å². The van der Waals surface area contributed by atoms with E-state index in [2.05, 4.69) is 141 Å². The van der Waals surface area contributed by atoms with E-state index in [1.54, 1.807) is 0 Å². The summed E-state index contributed by atoms with van der Waals surface area (Å²) in [5.41, 5.74) is 14.1. The fourth-order valence-electron chi connectivity index (χ4n) is 7.85. The summed E-state index contributed by atoms with van der Waals surface area (Å²) in [5, 5.41) is 17.7. The number of anilines is 1. The van der Waals surface area contributed by atoms with Crippen LogP contribution in [0.5, 0.6) is 0 Å². The molecule has 0 unspecified atom stereocenters. The Kier molecular flexibility index (Phi) is 9.51. The highest BCUT2D eigenvalue weighted by Gasteiger charge is 2.27. The van der Waals surface area contributed by atoms with Gasteiger partial charge in [0.25, 0.3) is 0 Å². The minimum Gasteiger partial charge on any atom is -0.398 e. The van der Waals surface area contributed by atoms with E-state index < -0.39 is 0 Å². The van der Waals surface area contributed by atoms with Gasteiger partial charge in [-0.2, -0.15) is 0 Å². The molecular formula is C47H48N2. The maximum atomic E-state index is 6.57. The highest BCUT2D eigenvalue weighted by atomic mass is 14.8. The molecule has 0 bridgehead atoms. The van der Waals surface area contributed by atoms with E-state index >= 15 is 0 Å². The van der Waals surface area contributed by atoms with Gasteiger partial charge in [-0.05, 0) is 120 Å². The molecule has 0 atom stereocenters. The smallest absolute Gasteiger partial charge is 0.0394 e. The molecule has 0 aliphatic heterocycles. The molecule has 0 radical (unpaired) electrons. The highest BCUT2D eigenvalue weighted by molar-refractivity contribution is 6.43. The summed E-state index contributed by atoms with van der Waals surface area (Å²) in [7, 11) is 1.98. The maximum Gasteiger partial charge on any atom is 0.0394 e. The van der Waals surface area contributed by atoms with Crippen LogP contribution in [0, 0.1) is 0 Å². The SMILES string of the molecule is CCCC.CCCCNC.Nc1ccc2c3c(-c4ccccc4)c4c(c(-c5ccccc5)c3c3cccc1c32)c1c2c(cccc24)CCC=1. The summed E-state index contributed by atoms with van der Waals surface area (Å²) in [6.45, 7) is 7.72. The lowest BCUT2D eigenvalue weighted by Crippen LogP contribution is -2.07. The Hall–Kier alpha value is -4.92. The standard InChI is InChI=1S/C38H25N.C5H13N.C4H10/c39-30-21-20-29-34-25(30)16-9-19-28(34)37-32(23-10-3-1-4-11-23)35-26-17-7-14-22-15-8-18-27(31(22)26)36(35)33(38(29)37)24-12-5-2-6-13-24;1-3-4-5-6-2;1-3-4-2/h1-6,8-13,15-21H,7,14,39H2;6H,3-5H2,1-2H3;3-4H2,1-2H3. The first kappa shape index (κ1) is 32.6. The van der Waals surface area contributed by atoms with E-state index in [1.165, 1.54) is 107 Å². The largest absolute Gasteiger partial charge is 0.398 e. The second kappa shape index (κ2) is 14.3. The number of aryl methyl sites for hydroxylation is 1. The first-order valence-electron chi connectivity index (χ1n) is 18.3. The van der Waals surface area contributed by atoms with Gasteiger partial charge < -0.3 is 11.1 Å². The van der Waals surface area contributed by atoms with Crippen LogP contribution in [0.15, 0.2) is 109 Å². The van der Waals surface area contributed by atoms with E-state index in [4.69, 9.17) is 5.73 Å². The lowest BCUT2D eigenvalue weighted by Gasteiger charge is -2.15. The van der Waals surface area contributed by atoms with Crippen LogP contribution in [0.25, 0.3) is 82.2 Å². The van der Waals surface area contributed by atoms with Crippen LogP contribution >= 0.6 is 0 Å². The van der Waals surface area contributed by atoms with Crippen molar-refractivity contribution in [3.8, 4) is 22.3 Å². The molecule has 8 aromatic carbocycles. The number of hydrogen-bond donors (Lipinski definition) is 2. The average molecular weight is 641 g/mol. The van der Waals surface area contributed by atoms with E-state index in [-0.39, 0.29) is 0 Å². The Labute approximate surface area is 291 Å². The number of nitrogens with one attached hydrogen (secondary N) is 1. The molecule has 49 heavy (non-hydrogen) atoms. The topological polar surface area (TPSA) is 38.0 Å². The molecule has 3 N–H and O–H groups in total. The third-order valence-corrected chi connectivity index (χ3v) is 10.2. The van der Waals surface area contributed by atoms with Crippen LogP contribution in [-0.4, -0.2) is 13.6 Å². The van der Waals surface area contributed by atoms with Crippen molar-refractivity contribution in [1.82, 2.24) is 5.32 Å². The summed E-state index contributed by atoms with van der Waals surface area (Å²) in [4.78, 5) is 0. The lowest BCUT2D eigenvalue weighted by molar-refractivity contribution is 0.711. The van der Waals surface area contributed by atoms with E-state index in [1.807, 2.05) is 7.05 Å². The predicted molar refractivity (Wildman–Crippen MR) is 218 cm³/mol. The Morgan fingerprint density at radius 3 is 1.67 bits per heavy atom. The molecule has 0 aromatic heterocycles. The number of rotatable bonds is 6. The molecule has 0 fully saturated rings. The summed E-state index contributed by atoms with van der Waals surface area (Å²) >= 11 is 0. The zero-order valence-corrected chi connectivity index (χ0v) is 29.5. The second-order valence-electron chi connectivity index (χ2n) is 13.4. The van der Waals surface area contributed by atoms with Gasteiger partial charge in [0.1, 0.15) is 0 Å². The van der Waals surface area contributed by atoms with Crippen LogP contribution in [0.2, 0.25) is 0 Å². The van der Waals surface area contributed by atoms with Crippen molar-refractivity contribution in [3.63, 3.8) is 0 Å². The molecule has 246 valence electrons. The Balaban J connectivity index is 0.000000336. The summed E-state index contributed by atoms with van der Waals surface area (Å²) < 4.78 is 0. The van der Waals surface area contributed by atoms with Gasteiger partial charge in [-0.25, -0.2) is 0 Å². The molecule has 9 rings (SSSR count). The molecule has 0 spiro atoms. The van der Waals surface area contributed by atoms with Gasteiger partial charge in [-0.1, -0.05) is 149 Å². The van der Waals surface area contributed by atoms with Crippen molar-refractivity contribution in [1.29, 1.82) is 0 Å². The van der Waals surface area contributed by atoms with Crippen LogP contribution in [0.4, 0.5) is 5.69 Å². The van der Waals surface area contributed by atoms with Crippen LogP contribution in [-0.2, 0) is 6.42 Å². The number of hydrogen-bond acceptors (Lipinski definition) is 2. The van der Waals surface area contributed by atoms with E-state index in [0.717, 1.165) is 30.5 Å². The summed E-state index contributed by atoms with van der Waals surface area (Å²) in [6, 6.07) is 39.9. The van der Waals surface area contributed by atoms with Crippen molar-refractivity contribution in [3.05, 3.63) is 120 Å². The van der Waals surface area contributed by atoms with E-state index in [9.17, 15) is 0 Å². The van der Waals surface area contributed by atoms with Crippen molar-refractivity contribution < 1.29 is 0 Å². The molecule has 0 saturated heterocycles. The molecule has 0 amide bonds. The van der Waals surface area contributed by atoms with Crippen LogP contribution < -0.4 is 16.3 Å². The number of nitrogen functional groups attached to an aromatic ring is 1. The monoisotopic (exact) mass is 640 g/mol. The van der Waals surface area contributed by atoms with Crippen molar-refractivity contribution in [2.24, 2.45) is 0 Å². The zero-order valence-electron chi connectivity index (χ0n) is 29.5. The molecule has 0 heterocycles. The minimum atomic E-state index is 0.837. The zero-order chi connectivity index (χ0) is 33.9. The van der Waals surface area contributed by atoms with Crippen molar-refractivity contribution in [2.75, 3.05) is 19.3 Å². The Morgan fingerprint density at radius 1 is 0.531 bits per heavy atom. The summed E-state index contributed by atoms with van der Waals surface area (Å²) in [5.74, 6) is 0. The fraction of sp³-hybridized carbons (Fsp3) is 0.234. The Morgan fingerprint density at radius 2 is 1.08 bits per heavy atom. The predicted octanol–water partition coefficient (Wildman–Crippen LogP) is 12.1. The molecule has 1 aliphatic carbocycles. The minimum absolute atomic E-state index is 0.837. The normalized spacial score (nSPS) is 12.2. The molecular weight excluding hydrogens is 593 g/mol. The average Bonchev–Trinajstić information content (AvgIpc) is 3.67. The van der Waals surface area contributed by atoms with Gasteiger partial charge in [0.2, 0.25) is 0 Å². The number of fused-ring (bicyclic) bond motifs is 6.